The number of anilines is 3. The van der Waals surface area contributed by atoms with Gasteiger partial charge >= 0.3 is 12.0 Å². The average Bonchev–Trinajstić information content (AvgIpc) is 2.73. The Morgan fingerprint density at radius 3 is 2.32 bits per heavy atom. The molecule has 0 spiro atoms. The molecule has 1 aromatic carbocycles. The number of aliphatic carboxylic acids is 1. The first-order chi connectivity index (χ1) is 14.7. The van der Waals surface area contributed by atoms with Gasteiger partial charge in [0, 0.05) is 18.0 Å². The Balaban J connectivity index is 2.50. The minimum absolute atomic E-state index is 0.0575. The van der Waals surface area contributed by atoms with Crippen molar-refractivity contribution in [3.63, 3.8) is 0 Å². The Bertz CT molecular complexity index is 848. The molecule has 0 aliphatic rings. The molecule has 0 saturated heterocycles. The van der Waals surface area contributed by atoms with E-state index < -0.39 is 11.4 Å². The van der Waals surface area contributed by atoms with Gasteiger partial charge in [-0.15, -0.1) is 0 Å². The molecule has 2 rings (SSSR count). The summed E-state index contributed by atoms with van der Waals surface area (Å²) in [5.41, 5.74) is 3.21. The summed E-state index contributed by atoms with van der Waals surface area (Å²) in [4.78, 5) is 22.3. The van der Waals surface area contributed by atoms with Crippen molar-refractivity contribution in [2.75, 3.05) is 23.4 Å². The van der Waals surface area contributed by atoms with E-state index in [1.807, 2.05) is 26.8 Å². The molecule has 0 aliphatic carbocycles. The number of carbonyl (C=O) groups is 1. The number of aromatic nitrogens is 2. The van der Waals surface area contributed by atoms with Crippen LogP contribution in [0.5, 0.6) is 6.01 Å². The molecule has 2 N–H and O–H groups in total. The summed E-state index contributed by atoms with van der Waals surface area (Å²) < 4.78 is 5.34. The quantitative estimate of drug-likeness (QED) is 0.469. The molecule has 1 aromatic heterocycles. The first-order valence-electron chi connectivity index (χ1n) is 11.1. The van der Waals surface area contributed by atoms with Crippen molar-refractivity contribution < 1.29 is 14.6 Å². The average molecular weight is 429 g/mol. The van der Waals surface area contributed by atoms with Crippen molar-refractivity contribution in [3.8, 4) is 6.01 Å². The second-order valence-corrected chi connectivity index (χ2v) is 8.25. The summed E-state index contributed by atoms with van der Waals surface area (Å²) in [5.74, 6) is -0.810. The van der Waals surface area contributed by atoms with E-state index in [4.69, 9.17) is 4.74 Å². The first kappa shape index (κ1) is 24.4. The lowest BCUT2D eigenvalue weighted by atomic mass is 9.81. The maximum atomic E-state index is 11.4. The maximum absolute atomic E-state index is 11.4. The summed E-state index contributed by atoms with van der Waals surface area (Å²) in [6, 6.07) is 6.96. The Labute approximate surface area is 185 Å². The van der Waals surface area contributed by atoms with Crippen LogP contribution in [0, 0.1) is 0 Å². The molecule has 0 fully saturated rings. The number of rotatable bonds is 12. The highest BCUT2D eigenvalue weighted by Crippen LogP contribution is 2.37. The molecule has 0 radical (unpaired) electrons. The Hall–Kier alpha value is -2.83. The smallest absolute Gasteiger partial charge is 0.316 e. The van der Waals surface area contributed by atoms with Crippen LogP contribution in [0.4, 0.5) is 17.1 Å². The summed E-state index contributed by atoms with van der Waals surface area (Å²) in [7, 11) is 0. The Kier molecular flexibility index (Phi) is 8.65. The van der Waals surface area contributed by atoms with Gasteiger partial charge < -0.3 is 20.1 Å². The van der Waals surface area contributed by atoms with Gasteiger partial charge in [-0.25, -0.2) is 9.97 Å². The lowest BCUT2D eigenvalue weighted by Gasteiger charge is -2.34. The Morgan fingerprint density at radius 2 is 1.81 bits per heavy atom. The first-order valence-corrected chi connectivity index (χ1v) is 11.1. The molecule has 7 heteroatoms. The maximum Gasteiger partial charge on any atom is 0.316 e. The van der Waals surface area contributed by atoms with E-state index >= 15 is 0 Å². The summed E-state index contributed by atoms with van der Waals surface area (Å²) >= 11 is 0. The second kappa shape index (κ2) is 11.0. The normalized spacial score (nSPS) is 11.5. The molecule has 0 atom stereocenters. The number of hydrogen-bond acceptors (Lipinski definition) is 6. The van der Waals surface area contributed by atoms with Gasteiger partial charge in [0.15, 0.2) is 0 Å². The van der Waals surface area contributed by atoms with Crippen molar-refractivity contribution in [1.82, 2.24) is 9.97 Å². The highest BCUT2D eigenvalue weighted by Gasteiger charge is 2.26. The predicted molar refractivity (Wildman–Crippen MR) is 126 cm³/mol. The van der Waals surface area contributed by atoms with E-state index in [-0.39, 0.29) is 6.42 Å². The van der Waals surface area contributed by atoms with E-state index in [9.17, 15) is 9.90 Å². The van der Waals surface area contributed by atoms with E-state index in [1.54, 1.807) is 12.4 Å². The number of carboxylic acids is 1. The number of hydrogen-bond donors (Lipinski definition) is 2. The predicted octanol–water partition coefficient (Wildman–Crippen LogP) is 5.39. The van der Waals surface area contributed by atoms with Crippen molar-refractivity contribution in [2.45, 2.75) is 72.3 Å². The van der Waals surface area contributed by atoms with E-state index in [1.165, 1.54) is 0 Å². The van der Waals surface area contributed by atoms with Gasteiger partial charge in [0.2, 0.25) is 0 Å². The molecule has 7 nitrogen and oxygen atoms in total. The van der Waals surface area contributed by atoms with Gasteiger partial charge in [-0.3, -0.25) is 4.79 Å². The highest BCUT2D eigenvalue weighted by molar-refractivity contribution is 5.77. The molecule has 31 heavy (non-hydrogen) atoms. The third-order valence-corrected chi connectivity index (χ3v) is 5.59. The molecule has 2 aromatic rings. The monoisotopic (exact) mass is 428 g/mol. The molecule has 0 aliphatic heterocycles. The second-order valence-electron chi connectivity index (χ2n) is 8.25. The van der Waals surface area contributed by atoms with E-state index in [0.29, 0.717) is 18.7 Å². The molecular weight excluding hydrogens is 392 g/mol. The van der Waals surface area contributed by atoms with Crippen LogP contribution in [0.1, 0.15) is 66.4 Å². The van der Waals surface area contributed by atoms with Crippen molar-refractivity contribution >= 4 is 23.0 Å². The largest absolute Gasteiger partial charge is 0.481 e. The molecule has 0 amide bonds. The summed E-state index contributed by atoms with van der Waals surface area (Å²) in [6.07, 6.45) is 5.54. The summed E-state index contributed by atoms with van der Waals surface area (Å²) in [6.45, 7) is 13.8. The number of carboxylic acid groups (broad SMARTS) is 1. The van der Waals surface area contributed by atoms with Crippen LogP contribution >= 0.6 is 0 Å². The van der Waals surface area contributed by atoms with Gasteiger partial charge in [-0.2, -0.15) is 0 Å². The zero-order valence-corrected chi connectivity index (χ0v) is 19.6. The van der Waals surface area contributed by atoms with Crippen LogP contribution < -0.4 is 15.0 Å². The number of nitrogens with zero attached hydrogens (tertiary/aromatic N) is 3. The molecule has 0 bridgehead atoms. The Morgan fingerprint density at radius 1 is 1.16 bits per heavy atom. The van der Waals surface area contributed by atoms with Gasteiger partial charge in [0.05, 0.1) is 42.5 Å². The van der Waals surface area contributed by atoms with Crippen molar-refractivity contribution in [3.05, 3.63) is 36.2 Å². The van der Waals surface area contributed by atoms with Crippen molar-refractivity contribution in [1.29, 1.82) is 0 Å². The minimum Gasteiger partial charge on any atom is -0.481 e. The molecule has 170 valence electrons. The molecule has 0 saturated carbocycles. The fourth-order valence-electron chi connectivity index (χ4n) is 3.88. The van der Waals surface area contributed by atoms with E-state index in [2.05, 4.69) is 53.1 Å². The lowest BCUT2D eigenvalue weighted by Crippen LogP contribution is -2.35. The number of benzene rings is 1. The van der Waals surface area contributed by atoms with Gasteiger partial charge in [-0.1, -0.05) is 33.8 Å². The van der Waals surface area contributed by atoms with Gasteiger partial charge in [0.25, 0.3) is 0 Å². The lowest BCUT2D eigenvalue weighted by molar-refractivity contribution is -0.138. The van der Waals surface area contributed by atoms with Crippen LogP contribution in [-0.4, -0.2) is 40.2 Å². The highest BCUT2D eigenvalue weighted by atomic mass is 16.5. The van der Waals surface area contributed by atoms with Gasteiger partial charge in [-0.05, 0) is 44.4 Å². The third kappa shape index (κ3) is 6.32. The topological polar surface area (TPSA) is 87.6 Å². The van der Waals surface area contributed by atoms with Crippen LogP contribution in [0.3, 0.4) is 0 Å². The molecular formula is C24H36N4O3. The van der Waals surface area contributed by atoms with Crippen molar-refractivity contribution in [2.24, 2.45) is 0 Å². The van der Waals surface area contributed by atoms with Gasteiger partial charge in [0.1, 0.15) is 0 Å². The van der Waals surface area contributed by atoms with Crippen LogP contribution in [0.2, 0.25) is 0 Å². The fraction of sp³-hybridized carbons (Fsp3) is 0.542. The zero-order chi connectivity index (χ0) is 23.0. The van der Waals surface area contributed by atoms with Crippen LogP contribution in [0.15, 0.2) is 30.6 Å². The zero-order valence-electron chi connectivity index (χ0n) is 19.6. The summed E-state index contributed by atoms with van der Waals surface area (Å²) in [5, 5.41) is 12.8. The SMILES string of the molecule is CCOc1ncc(Nc2cc(C(C)(C)CC(=O)O)ccc2N(CC)C(CC)CC)cn1. The third-order valence-electron chi connectivity index (χ3n) is 5.59. The molecule has 0 unspecified atom stereocenters. The van der Waals surface area contributed by atoms with Crippen LogP contribution in [-0.2, 0) is 10.2 Å². The fourth-order valence-corrected chi connectivity index (χ4v) is 3.88. The van der Waals surface area contributed by atoms with Crippen LogP contribution in [0.25, 0.3) is 0 Å². The standard InChI is InChI=1S/C24H36N4O3/c1-7-19(8-2)28(9-3)21-12-11-17(24(5,6)14-22(29)30)13-20(21)27-18-15-25-23(26-16-18)31-10-4/h11-13,15-16,19,27H,7-10,14H2,1-6H3,(H,29,30). The number of nitrogens with one attached hydrogen (secondary N) is 1. The minimum atomic E-state index is -0.810. The van der Waals surface area contributed by atoms with E-state index in [0.717, 1.165) is 42.0 Å². The molecule has 1 heterocycles. The number of ether oxygens (including phenoxy) is 1.